The molecule has 1 aliphatic heterocycles. The SMILES string of the molecule is Fc1ccc(-c2c(Cl)sc3ncnc(NC4CCN(Cc5cc(F)cc(F)c5)CC4)c23)cc1.O=CO/C=C\C(=O)O. The Kier molecular flexibility index (Phi) is 10.3. The van der Waals surface area contributed by atoms with Gasteiger partial charge in [-0.25, -0.2) is 27.9 Å². The van der Waals surface area contributed by atoms with Crippen molar-refractivity contribution in [1.29, 1.82) is 0 Å². The molecule has 0 aliphatic carbocycles. The molecule has 1 fully saturated rings. The summed E-state index contributed by atoms with van der Waals surface area (Å²) in [6, 6.07) is 10.0. The summed E-state index contributed by atoms with van der Waals surface area (Å²) in [5, 5.41) is 12.2. The minimum Gasteiger partial charge on any atom is -0.478 e. The van der Waals surface area contributed by atoms with Crippen molar-refractivity contribution < 1.29 is 32.6 Å². The van der Waals surface area contributed by atoms with E-state index in [9.17, 15) is 22.8 Å². The molecule has 214 valence electrons. The lowest BCUT2D eigenvalue weighted by atomic mass is 10.0. The summed E-state index contributed by atoms with van der Waals surface area (Å²) in [6.45, 7) is 2.23. The van der Waals surface area contributed by atoms with Gasteiger partial charge in [0, 0.05) is 37.3 Å². The van der Waals surface area contributed by atoms with Crippen molar-refractivity contribution in [2.24, 2.45) is 0 Å². The van der Waals surface area contributed by atoms with Crippen LogP contribution in [0.1, 0.15) is 18.4 Å². The highest BCUT2D eigenvalue weighted by atomic mass is 35.5. The van der Waals surface area contributed by atoms with Crippen LogP contribution in [0.25, 0.3) is 21.3 Å². The lowest BCUT2D eigenvalue weighted by Gasteiger charge is -2.32. The number of likely N-dealkylation sites (tertiary alicyclic amines) is 1. The minimum atomic E-state index is -1.15. The number of ether oxygens (including phenoxy) is 1. The van der Waals surface area contributed by atoms with Crippen LogP contribution in [0.2, 0.25) is 4.34 Å². The first-order valence-electron chi connectivity index (χ1n) is 12.3. The number of carboxylic acid groups (broad SMARTS) is 1. The van der Waals surface area contributed by atoms with E-state index in [-0.39, 0.29) is 18.3 Å². The molecule has 5 rings (SSSR count). The number of rotatable bonds is 8. The van der Waals surface area contributed by atoms with Gasteiger partial charge >= 0.3 is 5.97 Å². The Hall–Kier alpha value is -4.00. The molecule has 0 radical (unpaired) electrons. The van der Waals surface area contributed by atoms with E-state index in [1.807, 2.05) is 0 Å². The van der Waals surface area contributed by atoms with E-state index in [1.54, 1.807) is 12.1 Å². The summed E-state index contributed by atoms with van der Waals surface area (Å²) in [7, 11) is 0. The summed E-state index contributed by atoms with van der Waals surface area (Å²) < 4.78 is 44.9. The third-order valence-electron chi connectivity index (χ3n) is 6.18. The van der Waals surface area contributed by atoms with Gasteiger partial charge in [0.25, 0.3) is 6.47 Å². The van der Waals surface area contributed by atoms with Gasteiger partial charge in [0.05, 0.1) is 11.5 Å². The van der Waals surface area contributed by atoms with E-state index in [0.717, 1.165) is 59.6 Å². The van der Waals surface area contributed by atoms with Gasteiger partial charge in [-0.15, -0.1) is 11.3 Å². The lowest BCUT2D eigenvalue weighted by Crippen LogP contribution is -2.38. The van der Waals surface area contributed by atoms with Gasteiger partial charge < -0.3 is 15.2 Å². The van der Waals surface area contributed by atoms with Crippen molar-refractivity contribution in [3.05, 3.63) is 88.5 Å². The van der Waals surface area contributed by atoms with Crippen LogP contribution in [0.5, 0.6) is 0 Å². The molecule has 8 nitrogen and oxygen atoms in total. The zero-order chi connectivity index (χ0) is 29.4. The largest absolute Gasteiger partial charge is 0.478 e. The minimum absolute atomic E-state index is 0.138. The summed E-state index contributed by atoms with van der Waals surface area (Å²) in [5.41, 5.74) is 2.24. The number of hydrogen-bond donors (Lipinski definition) is 2. The van der Waals surface area contributed by atoms with E-state index in [2.05, 4.69) is 24.9 Å². The summed E-state index contributed by atoms with van der Waals surface area (Å²) in [6.07, 6.45) is 4.73. The van der Waals surface area contributed by atoms with E-state index in [4.69, 9.17) is 16.7 Å². The van der Waals surface area contributed by atoms with Gasteiger partial charge in [0.2, 0.25) is 0 Å². The van der Waals surface area contributed by atoms with Crippen molar-refractivity contribution in [2.45, 2.75) is 25.4 Å². The number of benzene rings is 2. The Balaban J connectivity index is 0.000000426. The summed E-state index contributed by atoms with van der Waals surface area (Å²) in [5.74, 6) is -1.86. The van der Waals surface area contributed by atoms with Gasteiger partial charge in [-0.2, -0.15) is 0 Å². The highest BCUT2D eigenvalue weighted by Gasteiger charge is 2.23. The van der Waals surface area contributed by atoms with Crippen molar-refractivity contribution in [1.82, 2.24) is 14.9 Å². The molecular formula is C28H24ClF3N4O4S. The second-order valence-electron chi connectivity index (χ2n) is 9.01. The zero-order valence-corrected chi connectivity index (χ0v) is 23.0. The Morgan fingerprint density at radius 3 is 2.41 bits per heavy atom. The number of piperidine rings is 1. The van der Waals surface area contributed by atoms with Gasteiger partial charge in [-0.3, -0.25) is 9.69 Å². The van der Waals surface area contributed by atoms with Gasteiger partial charge in [-0.05, 0) is 48.2 Å². The van der Waals surface area contributed by atoms with E-state index in [0.29, 0.717) is 28.3 Å². The monoisotopic (exact) mass is 604 g/mol. The molecule has 4 aromatic rings. The summed E-state index contributed by atoms with van der Waals surface area (Å²) in [4.78, 5) is 30.7. The normalized spacial score (nSPS) is 14.0. The van der Waals surface area contributed by atoms with Crippen LogP contribution in [0.4, 0.5) is 19.0 Å². The smallest absolute Gasteiger partial charge is 0.331 e. The van der Waals surface area contributed by atoms with E-state index < -0.39 is 17.6 Å². The van der Waals surface area contributed by atoms with Crippen molar-refractivity contribution in [2.75, 3.05) is 18.4 Å². The fourth-order valence-corrected chi connectivity index (χ4v) is 5.72. The van der Waals surface area contributed by atoms with Gasteiger partial charge in [0.15, 0.2) is 0 Å². The second kappa shape index (κ2) is 14.1. The van der Waals surface area contributed by atoms with Crippen molar-refractivity contribution >= 4 is 51.4 Å². The Bertz CT molecular complexity index is 1520. The van der Waals surface area contributed by atoms with Crippen LogP contribution >= 0.6 is 22.9 Å². The number of hydrogen-bond acceptors (Lipinski definition) is 8. The fraction of sp³-hybridized carbons (Fsp3) is 0.214. The van der Waals surface area contributed by atoms with Crippen LogP contribution in [0, 0.1) is 17.5 Å². The van der Waals surface area contributed by atoms with Gasteiger partial charge in [-0.1, -0.05) is 23.7 Å². The number of nitrogens with one attached hydrogen (secondary N) is 1. The molecule has 0 spiro atoms. The Labute approximate surface area is 242 Å². The maximum absolute atomic E-state index is 13.5. The molecule has 13 heteroatoms. The molecule has 2 N–H and O–H groups in total. The molecule has 3 heterocycles. The van der Waals surface area contributed by atoms with Crippen LogP contribution in [0.15, 0.2) is 61.1 Å². The number of halogens is 4. The first-order valence-corrected chi connectivity index (χ1v) is 13.5. The first kappa shape index (κ1) is 30.0. The van der Waals surface area contributed by atoms with Crippen LogP contribution in [0.3, 0.4) is 0 Å². The highest BCUT2D eigenvalue weighted by Crippen LogP contribution is 2.44. The number of carboxylic acids is 1. The third-order valence-corrected chi connectivity index (χ3v) is 7.49. The molecular weight excluding hydrogens is 581 g/mol. The lowest BCUT2D eigenvalue weighted by molar-refractivity contribution is -0.131. The third kappa shape index (κ3) is 8.26. The average Bonchev–Trinajstić information content (AvgIpc) is 3.27. The van der Waals surface area contributed by atoms with E-state index in [1.165, 1.54) is 41.9 Å². The number of fused-ring (bicyclic) bond motifs is 1. The fourth-order valence-electron chi connectivity index (χ4n) is 4.41. The number of thiophene rings is 1. The summed E-state index contributed by atoms with van der Waals surface area (Å²) >= 11 is 7.91. The number of nitrogens with zero attached hydrogens (tertiary/aromatic N) is 3. The highest BCUT2D eigenvalue weighted by molar-refractivity contribution is 7.23. The number of carbonyl (C=O) groups is 2. The number of aliphatic carboxylic acids is 1. The molecule has 0 saturated carbocycles. The van der Waals surface area contributed by atoms with Crippen LogP contribution in [-0.2, 0) is 20.9 Å². The van der Waals surface area contributed by atoms with Crippen molar-refractivity contribution in [3.63, 3.8) is 0 Å². The van der Waals surface area contributed by atoms with Crippen LogP contribution < -0.4 is 5.32 Å². The molecule has 2 aromatic heterocycles. The molecule has 0 unspecified atom stereocenters. The molecule has 2 aromatic carbocycles. The maximum Gasteiger partial charge on any atom is 0.331 e. The molecule has 41 heavy (non-hydrogen) atoms. The topological polar surface area (TPSA) is 105 Å². The number of aromatic nitrogens is 2. The molecule has 1 saturated heterocycles. The predicted molar refractivity (Wildman–Crippen MR) is 150 cm³/mol. The standard InChI is InChI=1S/C24H20ClF3N4S.C4H4O4/c25-22-20(15-1-3-16(26)4-2-15)21-23(29-13-30-24(21)33-22)31-19-5-7-32(8-6-19)12-14-9-17(27)11-18(28)10-14;5-3-8-2-1-4(6)7/h1-4,9-11,13,19H,5-8,12H2,(H,29,30,31);1-3H,(H,6,7)/b;2-1-. The first-order chi connectivity index (χ1) is 19.7. The van der Waals surface area contributed by atoms with E-state index >= 15 is 0 Å². The Morgan fingerprint density at radius 1 is 1.10 bits per heavy atom. The number of carbonyl (C=O) groups excluding carboxylic acids is 1. The molecule has 1 aliphatic rings. The predicted octanol–water partition coefficient (Wildman–Crippen LogP) is 6.26. The maximum atomic E-state index is 13.5. The second-order valence-corrected chi connectivity index (χ2v) is 10.6. The zero-order valence-electron chi connectivity index (χ0n) is 21.4. The molecule has 0 amide bonds. The average molecular weight is 605 g/mol. The van der Waals surface area contributed by atoms with Gasteiger partial charge in [0.1, 0.15) is 45.0 Å². The molecule has 0 atom stereocenters. The Morgan fingerprint density at radius 2 is 1.78 bits per heavy atom. The van der Waals surface area contributed by atoms with Crippen molar-refractivity contribution in [3.8, 4) is 11.1 Å². The quantitative estimate of drug-likeness (QED) is 0.138. The molecule has 0 bridgehead atoms. The van der Waals surface area contributed by atoms with Crippen LogP contribution in [-0.4, -0.2) is 51.5 Å². The number of anilines is 1.